The molecule has 0 amide bonds. The molecule has 118 valence electrons. The molecule has 2 N–H and O–H groups in total. The number of aromatic amines is 1. The second kappa shape index (κ2) is 6.94. The standard InChI is InChI=1S/C17H22N2O3/c1-2-21-14-5-6-16-12(9-14)8-13(17(20)19-16)10-18-11-15-4-3-7-22-15/h5-6,8-9,15,18H,2-4,7,10-11H2,1H3,(H,19,20)/t15-/m1/s1. The number of H-pyrrole nitrogens is 1. The Kier molecular flexibility index (Phi) is 4.75. The van der Waals surface area contributed by atoms with E-state index in [9.17, 15) is 4.79 Å². The molecule has 0 radical (unpaired) electrons. The lowest BCUT2D eigenvalue weighted by molar-refractivity contribution is 0.110. The summed E-state index contributed by atoms with van der Waals surface area (Å²) in [5.41, 5.74) is 1.52. The van der Waals surface area contributed by atoms with Crippen LogP contribution >= 0.6 is 0 Å². The summed E-state index contributed by atoms with van der Waals surface area (Å²) in [4.78, 5) is 15.0. The fraction of sp³-hybridized carbons (Fsp3) is 0.471. The Morgan fingerprint density at radius 2 is 2.32 bits per heavy atom. The van der Waals surface area contributed by atoms with Crippen LogP contribution in [0.25, 0.3) is 10.9 Å². The molecule has 1 aliphatic heterocycles. The Morgan fingerprint density at radius 3 is 3.09 bits per heavy atom. The van der Waals surface area contributed by atoms with Crippen molar-refractivity contribution in [3.63, 3.8) is 0 Å². The van der Waals surface area contributed by atoms with E-state index in [4.69, 9.17) is 9.47 Å². The summed E-state index contributed by atoms with van der Waals surface area (Å²) >= 11 is 0. The monoisotopic (exact) mass is 302 g/mol. The number of rotatable bonds is 6. The van der Waals surface area contributed by atoms with Gasteiger partial charge in [0.25, 0.3) is 5.56 Å². The fourth-order valence-electron chi connectivity index (χ4n) is 2.79. The van der Waals surface area contributed by atoms with Gasteiger partial charge in [-0.3, -0.25) is 4.79 Å². The van der Waals surface area contributed by atoms with Gasteiger partial charge < -0.3 is 19.8 Å². The number of fused-ring (bicyclic) bond motifs is 1. The quantitative estimate of drug-likeness (QED) is 0.858. The minimum atomic E-state index is -0.0449. The molecule has 1 aromatic carbocycles. The average molecular weight is 302 g/mol. The van der Waals surface area contributed by atoms with Crippen LogP contribution < -0.4 is 15.6 Å². The predicted molar refractivity (Wildman–Crippen MR) is 86.4 cm³/mol. The molecule has 1 aliphatic rings. The van der Waals surface area contributed by atoms with Gasteiger partial charge in [0, 0.05) is 36.2 Å². The van der Waals surface area contributed by atoms with Crippen molar-refractivity contribution in [2.24, 2.45) is 0 Å². The van der Waals surface area contributed by atoms with Gasteiger partial charge in [0.1, 0.15) is 5.75 Å². The third kappa shape index (κ3) is 3.48. The van der Waals surface area contributed by atoms with E-state index in [1.807, 2.05) is 31.2 Å². The summed E-state index contributed by atoms with van der Waals surface area (Å²) in [5.74, 6) is 0.820. The predicted octanol–water partition coefficient (Wildman–Crippen LogP) is 2.20. The Labute approximate surface area is 129 Å². The van der Waals surface area contributed by atoms with Crippen LogP contribution in [0.2, 0.25) is 0 Å². The van der Waals surface area contributed by atoms with E-state index in [2.05, 4.69) is 10.3 Å². The van der Waals surface area contributed by atoms with Crippen molar-refractivity contribution in [2.75, 3.05) is 19.8 Å². The van der Waals surface area contributed by atoms with Crippen molar-refractivity contribution in [2.45, 2.75) is 32.4 Å². The van der Waals surface area contributed by atoms with Gasteiger partial charge in [-0.25, -0.2) is 0 Å². The first kappa shape index (κ1) is 15.1. The van der Waals surface area contributed by atoms with Gasteiger partial charge >= 0.3 is 0 Å². The molecule has 1 saturated heterocycles. The van der Waals surface area contributed by atoms with E-state index in [-0.39, 0.29) is 11.7 Å². The number of benzene rings is 1. The molecule has 5 heteroatoms. The van der Waals surface area contributed by atoms with Gasteiger partial charge in [-0.15, -0.1) is 0 Å². The zero-order valence-corrected chi connectivity index (χ0v) is 12.9. The minimum Gasteiger partial charge on any atom is -0.494 e. The highest BCUT2D eigenvalue weighted by molar-refractivity contribution is 5.80. The van der Waals surface area contributed by atoms with E-state index in [1.165, 1.54) is 0 Å². The first-order chi connectivity index (χ1) is 10.8. The molecule has 5 nitrogen and oxygen atoms in total. The molecule has 1 atom stereocenters. The summed E-state index contributed by atoms with van der Waals surface area (Å²) in [5, 5.41) is 4.30. The van der Waals surface area contributed by atoms with Crippen LogP contribution in [0.4, 0.5) is 0 Å². The molecule has 0 saturated carbocycles. The van der Waals surface area contributed by atoms with E-state index in [0.29, 0.717) is 13.2 Å². The van der Waals surface area contributed by atoms with Crippen molar-refractivity contribution < 1.29 is 9.47 Å². The van der Waals surface area contributed by atoms with Crippen LogP contribution in [-0.2, 0) is 11.3 Å². The van der Waals surface area contributed by atoms with Crippen LogP contribution in [-0.4, -0.2) is 30.8 Å². The Bertz CT molecular complexity index is 690. The SMILES string of the molecule is CCOc1ccc2[nH]c(=O)c(CNC[C@H]3CCCO3)cc2c1. The largest absolute Gasteiger partial charge is 0.494 e. The summed E-state index contributed by atoms with van der Waals surface area (Å²) in [6.07, 6.45) is 2.51. The number of aromatic nitrogens is 1. The van der Waals surface area contributed by atoms with Gasteiger partial charge in [-0.05, 0) is 44.0 Å². The molecule has 2 aromatic rings. The first-order valence-electron chi connectivity index (χ1n) is 7.87. The molecule has 0 aliphatic carbocycles. The van der Waals surface area contributed by atoms with Crippen LogP contribution in [0.5, 0.6) is 5.75 Å². The van der Waals surface area contributed by atoms with Crippen molar-refractivity contribution in [1.82, 2.24) is 10.3 Å². The fourth-order valence-corrected chi connectivity index (χ4v) is 2.79. The lowest BCUT2D eigenvalue weighted by atomic mass is 10.1. The maximum atomic E-state index is 12.1. The summed E-state index contributed by atoms with van der Waals surface area (Å²) in [6, 6.07) is 7.64. The lowest BCUT2D eigenvalue weighted by Gasteiger charge is -2.11. The smallest absolute Gasteiger partial charge is 0.252 e. The lowest BCUT2D eigenvalue weighted by Crippen LogP contribution is -2.28. The highest BCUT2D eigenvalue weighted by atomic mass is 16.5. The van der Waals surface area contributed by atoms with Crippen molar-refractivity contribution >= 4 is 10.9 Å². The third-order valence-corrected chi connectivity index (χ3v) is 3.92. The van der Waals surface area contributed by atoms with E-state index < -0.39 is 0 Å². The van der Waals surface area contributed by atoms with Gasteiger partial charge in [0.2, 0.25) is 0 Å². The van der Waals surface area contributed by atoms with Crippen LogP contribution in [0.1, 0.15) is 25.3 Å². The topological polar surface area (TPSA) is 63.4 Å². The molecule has 22 heavy (non-hydrogen) atoms. The van der Waals surface area contributed by atoms with Crippen molar-refractivity contribution in [3.8, 4) is 5.75 Å². The summed E-state index contributed by atoms with van der Waals surface area (Å²) in [6.45, 7) is 4.77. The van der Waals surface area contributed by atoms with Crippen LogP contribution in [0.15, 0.2) is 29.1 Å². The molecule has 0 unspecified atom stereocenters. The van der Waals surface area contributed by atoms with Gasteiger partial charge in [-0.2, -0.15) is 0 Å². The molecule has 0 bridgehead atoms. The number of hydrogen-bond donors (Lipinski definition) is 2. The molecular weight excluding hydrogens is 280 g/mol. The van der Waals surface area contributed by atoms with E-state index >= 15 is 0 Å². The van der Waals surface area contributed by atoms with E-state index in [0.717, 1.165) is 48.2 Å². The Hall–Kier alpha value is -1.85. The second-order valence-electron chi connectivity index (χ2n) is 5.57. The zero-order valence-electron chi connectivity index (χ0n) is 12.9. The molecule has 1 aromatic heterocycles. The van der Waals surface area contributed by atoms with Gasteiger partial charge in [0.15, 0.2) is 0 Å². The maximum Gasteiger partial charge on any atom is 0.252 e. The normalized spacial score (nSPS) is 18.0. The molecule has 0 spiro atoms. The molecule has 1 fully saturated rings. The number of pyridine rings is 1. The van der Waals surface area contributed by atoms with Crippen LogP contribution in [0, 0.1) is 0 Å². The first-order valence-corrected chi connectivity index (χ1v) is 7.87. The number of hydrogen-bond acceptors (Lipinski definition) is 4. The molecular formula is C17H22N2O3. The van der Waals surface area contributed by atoms with Gasteiger partial charge in [-0.1, -0.05) is 0 Å². The van der Waals surface area contributed by atoms with Crippen LogP contribution in [0.3, 0.4) is 0 Å². The highest BCUT2D eigenvalue weighted by Gasteiger charge is 2.14. The van der Waals surface area contributed by atoms with E-state index in [1.54, 1.807) is 0 Å². The summed E-state index contributed by atoms with van der Waals surface area (Å²) in [7, 11) is 0. The number of ether oxygens (including phenoxy) is 2. The zero-order chi connectivity index (χ0) is 15.4. The van der Waals surface area contributed by atoms with Gasteiger partial charge in [0.05, 0.1) is 12.7 Å². The Morgan fingerprint density at radius 1 is 1.41 bits per heavy atom. The maximum absolute atomic E-state index is 12.1. The van der Waals surface area contributed by atoms with Crippen molar-refractivity contribution in [1.29, 1.82) is 0 Å². The highest BCUT2D eigenvalue weighted by Crippen LogP contribution is 2.19. The second-order valence-corrected chi connectivity index (χ2v) is 5.57. The number of nitrogens with one attached hydrogen (secondary N) is 2. The summed E-state index contributed by atoms with van der Waals surface area (Å²) < 4.78 is 11.1. The minimum absolute atomic E-state index is 0.0449. The third-order valence-electron chi connectivity index (χ3n) is 3.92. The van der Waals surface area contributed by atoms with Crippen molar-refractivity contribution in [3.05, 3.63) is 40.2 Å². The Balaban J connectivity index is 1.73. The average Bonchev–Trinajstić information content (AvgIpc) is 3.02. The molecule has 3 rings (SSSR count). The molecule has 2 heterocycles.